The number of halogens is 4. The average Bonchev–Trinajstić information content (AvgIpc) is 3.97. The number of carbonyl (C=O) groups excluding carboxylic acids is 7. The summed E-state index contributed by atoms with van der Waals surface area (Å²) in [5.74, 6) is -4.21. The van der Waals surface area contributed by atoms with Crippen LogP contribution in [0.5, 0.6) is 0 Å². The first-order valence-corrected chi connectivity index (χ1v) is 25.9. The largest absolute Gasteiger partial charge is 0.444 e. The highest BCUT2D eigenvalue weighted by Gasteiger charge is 2.34. The topological polar surface area (TPSA) is 250 Å². The number of primary amides is 2. The maximum atomic E-state index is 14.3. The molecule has 3 heterocycles. The molecule has 4 aromatic carbocycles. The number of amides is 7. The third-order valence-electron chi connectivity index (χ3n) is 13.2. The Hall–Kier alpha value is -7.65. The van der Waals surface area contributed by atoms with Crippen molar-refractivity contribution in [1.82, 2.24) is 44.9 Å². The predicted octanol–water partition coefficient (Wildman–Crippen LogP) is 6.88. The van der Waals surface area contributed by atoms with Crippen LogP contribution >= 0.6 is 23.2 Å². The number of ether oxygens (including phenoxy) is 1. The molecule has 77 heavy (non-hydrogen) atoms. The summed E-state index contributed by atoms with van der Waals surface area (Å²) in [5, 5.41) is 14.9. The first-order chi connectivity index (χ1) is 36.7. The Kier molecular flexibility index (Phi) is 18.9. The molecular formula is C54H61Cl2F2N11O8. The van der Waals surface area contributed by atoms with Gasteiger partial charge in [0.15, 0.2) is 11.4 Å². The van der Waals surface area contributed by atoms with Crippen LogP contribution in [0.25, 0.3) is 21.8 Å². The molecule has 0 atom stereocenters. The van der Waals surface area contributed by atoms with Crippen molar-refractivity contribution in [3.8, 4) is 0 Å². The zero-order valence-electron chi connectivity index (χ0n) is 42.9. The number of para-hydroxylation sites is 2. The fraction of sp³-hybridized carbons (Fsp3) is 0.389. The number of nitrogens with one attached hydrogen (secondary N) is 2. The third kappa shape index (κ3) is 14.6. The van der Waals surface area contributed by atoms with Gasteiger partial charge in [-0.2, -0.15) is 10.2 Å². The number of nitrogens with zero attached hydrogens (tertiary/aromatic N) is 7. The van der Waals surface area contributed by atoms with Gasteiger partial charge in [0.1, 0.15) is 30.3 Å². The van der Waals surface area contributed by atoms with Crippen LogP contribution in [-0.4, -0.2) is 120 Å². The predicted molar refractivity (Wildman–Crippen MR) is 284 cm³/mol. The van der Waals surface area contributed by atoms with Gasteiger partial charge in [0, 0.05) is 60.2 Å². The van der Waals surface area contributed by atoms with E-state index < -0.39 is 52.9 Å². The van der Waals surface area contributed by atoms with Crippen molar-refractivity contribution >= 4 is 86.5 Å². The summed E-state index contributed by atoms with van der Waals surface area (Å²) in [6.45, 7) is 5.01. The molecule has 1 aliphatic heterocycles. The molecule has 2 aromatic heterocycles. The molecule has 1 saturated carbocycles. The first-order valence-electron chi connectivity index (χ1n) is 25.2. The molecule has 2 aliphatic rings. The number of benzene rings is 4. The first kappa shape index (κ1) is 57.1. The Balaban J connectivity index is 0.000000227. The number of nitrogens with two attached hydrogens (primary N) is 2. The summed E-state index contributed by atoms with van der Waals surface area (Å²) in [7, 11) is 0. The number of fused-ring (bicyclic) bond motifs is 2. The number of carbonyl (C=O) groups is 7. The van der Waals surface area contributed by atoms with Crippen molar-refractivity contribution in [1.29, 1.82) is 0 Å². The van der Waals surface area contributed by atoms with Crippen LogP contribution in [0.2, 0.25) is 10.0 Å². The third-order valence-corrected chi connectivity index (χ3v) is 13.8. The van der Waals surface area contributed by atoms with Crippen molar-refractivity contribution in [2.24, 2.45) is 11.5 Å². The Labute approximate surface area is 453 Å². The highest BCUT2D eigenvalue weighted by Crippen LogP contribution is 2.26. The van der Waals surface area contributed by atoms with Crippen LogP contribution in [0.1, 0.15) is 97.8 Å². The zero-order chi connectivity index (χ0) is 55.6. The van der Waals surface area contributed by atoms with Crippen molar-refractivity contribution in [3.05, 3.63) is 129 Å². The van der Waals surface area contributed by atoms with Gasteiger partial charge in [-0.1, -0.05) is 103 Å². The molecule has 0 bridgehead atoms. The quantitative estimate of drug-likeness (QED) is 0.0782. The van der Waals surface area contributed by atoms with Crippen LogP contribution < -0.4 is 22.1 Å². The van der Waals surface area contributed by atoms with Gasteiger partial charge >= 0.3 is 6.09 Å². The minimum absolute atomic E-state index is 0.0162. The normalized spacial score (nSPS) is 14.1. The number of hydrogen-bond acceptors (Lipinski definition) is 10. The highest BCUT2D eigenvalue weighted by atomic mass is 35.5. The van der Waals surface area contributed by atoms with Gasteiger partial charge in [-0.25, -0.2) is 13.6 Å². The van der Waals surface area contributed by atoms with E-state index in [1.165, 1.54) is 32.5 Å². The lowest BCUT2D eigenvalue weighted by Crippen LogP contribution is -2.52. The molecule has 7 amide bonds. The highest BCUT2D eigenvalue weighted by molar-refractivity contribution is 6.31. The van der Waals surface area contributed by atoms with Crippen molar-refractivity contribution in [2.45, 2.75) is 110 Å². The standard InChI is InChI=1S/C29H34ClFN6O5.C25H27ClFN5O3/c1-29(2,3)42-28(41)35-13-11-19(12-14-35)36(16-23(38)33-15-18-7-6-9-21(30)25(18)31)24(39)17-37-22-10-5-4-8-20(22)26(34-37)27(32)40;26-19-11-6-7-16(23(19)27)13-29-21(33)14-31(17-8-2-1-3-9-17)22(34)15-32-20-12-5-4-10-18(20)24(30-32)25(28)35/h4-10,19H,11-17H2,1-3H3,(H2,32,40)(H,33,38);4-7,10-12,17H,1-3,8-9,13-15H2,(H2,28,35)(H,29,33). The fourth-order valence-electron chi connectivity index (χ4n) is 9.40. The SMILES string of the molecule is CC(C)(C)OC(=O)N1CCC(N(CC(=O)NCc2cccc(Cl)c2F)C(=O)Cn2nc(C(N)=O)c3ccccc32)CC1.NC(=O)c1nn(CC(=O)N(CC(=O)NCc2cccc(Cl)c2F)C2CCCCC2)c2ccccc12. The van der Waals surface area contributed by atoms with E-state index in [2.05, 4.69) is 20.8 Å². The number of aromatic nitrogens is 4. The van der Waals surface area contributed by atoms with Gasteiger partial charge in [-0.05, 0) is 70.7 Å². The molecule has 2 fully saturated rings. The van der Waals surface area contributed by atoms with E-state index in [-0.39, 0.29) is 89.8 Å². The summed E-state index contributed by atoms with van der Waals surface area (Å²) >= 11 is 11.7. The molecule has 8 rings (SSSR count). The monoisotopic (exact) mass is 1100 g/mol. The second kappa shape index (κ2) is 25.5. The average molecular weight is 1100 g/mol. The van der Waals surface area contributed by atoms with Crippen LogP contribution in [0.4, 0.5) is 13.6 Å². The van der Waals surface area contributed by atoms with Crippen molar-refractivity contribution < 1.29 is 47.1 Å². The number of piperidine rings is 1. The molecular weight excluding hydrogens is 1040 g/mol. The van der Waals surface area contributed by atoms with E-state index in [9.17, 15) is 42.3 Å². The second-order valence-corrected chi connectivity index (χ2v) is 20.6. The van der Waals surface area contributed by atoms with E-state index in [1.807, 2.05) is 0 Å². The Bertz CT molecular complexity index is 3170. The summed E-state index contributed by atoms with van der Waals surface area (Å²) < 4.78 is 36.8. The number of likely N-dealkylation sites (tertiary alicyclic amines) is 1. The summed E-state index contributed by atoms with van der Waals surface area (Å²) in [6, 6.07) is 22.6. The van der Waals surface area contributed by atoms with E-state index in [0.29, 0.717) is 47.7 Å². The van der Waals surface area contributed by atoms with Crippen LogP contribution in [0, 0.1) is 11.6 Å². The molecule has 0 spiro atoms. The smallest absolute Gasteiger partial charge is 0.410 e. The molecule has 0 radical (unpaired) electrons. The number of hydrogen-bond donors (Lipinski definition) is 4. The molecule has 408 valence electrons. The molecule has 6 N–H and O–H groups in total. The molecule has 0 unspecified atom stereocenters. The van der Waals surface area contributed by atoms with Gasteiger partial charge < -0.3 is 41.5 Å². The Morgan fingerprint density at radius 2 is 1.04 bits per heavy atom. The lowest BCUT2D eigenvalue weighted by molar-refractivity contribution is -0.140. The second-order valence-electron chi connectivity index (χ2n) is 19.8. The summed E-state index contributed by atoms with van der Waals surface area (Å²) in [6.07, 6.45) is 5.01. The maximum Gasteiger partial charge on any atom is 0.410 e. The maximum absolute atomic E-state index is 14.3. The minimum atomic E-state index is -0.726. The lowest BCUT2D eigenvalue weighted by atomic mass is 9.94. The van der Waals surface area contributed by atoms with Crippen molar-refractivity contribution in [2.75, 3.05) is 26.2 Å². The van der Waals surface area contributed by atoms with E-state index in [1.54, 1.807) is 97.3 Å². The van der Waals surface area contributed by atoms with E-state index in [0.717, 1.165) is 32.1 Å². The summed E-state index contributed by atoms with van der Waals surface area (Å²) in [5.41, 5.74) is 12.1. The molecule has 19 nitrogen and oxygen atoms in total. The van der Waals surface area contributed by atoms with Gasteiger partial charge in [0.2, 0.25) is 23.6 Å². The van der Waals surface area contributed by atoms with E-state index in [4.69, 9.17) is 39.4 Å². The van der Waals surface area contributed by atoms with Crippen LogP contribution in [-0.2, 0) is 50.1 Å². The van der Waals surface area contributed by atoms with E-state index >= 15 is 0 Å². The Morgan fingerprint density at radius 1 is 0.623 bits per heavy atom. The molecule has 6 aromatic rings. The lowest BCUT2D eigenvalue weighted by Gasteiger charge is -2.38. The Morgan fingerprint density at radius 3 is 1.45 bits per heavy atom. The van der Waals surface area contributed by atoms with Gasteiger partial charge in [-0.3, -0.25) is 38.1 Å². The fourth-order valence-corrected chi connectivity index (χ4v) is 9.79. The minimum Gasteiger partial charge on any atom is -0.444 e. The van der Waals surface area contributed by atoms with Gasteiger partial charge in [0.25, 0.3) is 11.8 Å². The molecule has 1 aliphatic carbocycles. The zero-order valence-corrected chi connectivity index (χ0v) is 44.4. The van der Waals surface area contributed by atoms with Crippen molar-refractivity contribution in [3.63, 3.8) is 0 Å². The molecule has 1 saturated heterocycles. The summed E-state index contributed by atoms with van der Waals surface area (Å²) in [4.78, 5) is 93.9. The van der Waals surface area contributed by atoms with Crippen LogP contribution in [0.15, 0.2) is 84.9 Å². The van der Waals surface area contributed by atoms with Gasteiger partial charge in [0.05, 0.1) is 34.2 Å². The van der Waals surface area contributed by atoms with Crippen LogP contribution in [0.3, 0.4) is 0 Å². The molecule has 23 heteroatoms. The number of rotatable bonds is 16. The van der Waals surface area contributed by atoms with Gasteiger partial charge in [-0.15, -0.1) is 0 Å².